The van der Waals surface area contributed by atoms with Crippen LogP contribution in [0.2, 0.25) is 0 Å². The molecule has 4 heteroatoms. The Morgan fingerprint density at radius 2 is 1.43 bits per heavy atom. The lowest BCUT2D eigenvalue weighted by atomic mass is 10.2. The molecule has 0 unspecified atom stereocenters. The van der Waals surface area contributed by atoms with Crippen LogP contribution < -0.4 is 0 Å². The van der Waals surface area contributed by atoms with Gasteiger partial charge in [0.2, 0.25) is 0 Å². The lowest BCUT2D eigenvalue weighted by Crippen LogP contribution is -2.07. The number of hydrogen-bond acceptors (Lipinski definition) is 3. The van der Waals surface area contributed by atoms with Gasteiger partial charge in [-0.25, -0.2) is 0 Å². The van der Waals surface area contributed by atoms with Crippen molar-refractivity contribution in [2.24, 2.45) is 0 Å². The van der Waals surface area contributed by atoms with Gasteiger partial charge in [-0.05, 0) is 12.8 Å². The van der Waals surface area contributed by atoms with E-state index in [1.54, 1.807) is 0 Å². The third-order valence-corrected chi connectivity index (χ3v) is 2.05. The molecule has 0 aromatic rings. The molecule has 14 heavy (non-hydrogen) atoms. The summed E-state index contributed by atoms with van der Waals surface area (Å²) in [7, 11) is 0. The van der Waals surface area contributed by atoms with E-state index in [0.29, 0.717) is 19.8 Å². The lowest BCUT2D eigenvalue weighted by molar-refractivity contribution is 0.0321. The van der Waals surface area contributed by atoms with Crippen LogP contribution in [0.4, 0.5) is 0 Å². The first-order valence-corrected chi connectivity index (χ1v) is 5.77. The Balaban J connectivity index is 2.78. The predicted octanol–water partition coefficient (Wildman–Crippen LogP) is 1.81. The van der Waals surface area contributed by atoms with Crippen LogP contribution in [0.5, 0.6) is 0 Å². The quantitative estimate of drug-likeness (QED) is 0.430. The van der Waals surface area contributed by atoms with Gasteiger partial charge in [0.05, 0.1) is 26.4 Å². The van der Waals surface area contributed by atoms with E-state index < -0.39 is 0 Å². The first-order valence-electron chi connectivity index (χ1n) is 5.24. The third-order valence-electron chi connectivity index (χ3n) is 1.78. The summed E-state index contributed by atoms with van der Waals surface area (Å²) in [6.45, 7) is 2.47. The zero-order valence-electron chi connectivity index (χ0n) is 8.71. The number of hydrogen-bond donors (Lipinski definition) is 1. The van der Waals surface area contributed by atoms with E-state index in [0.717, 1.165) is 25.3 Å². The Morgan fingerprint density at radius 1 is 0.786 bits per heavy atom. The molecule has 0 radical (unpaired) electrons. The van der Waals surface area contributed by atoms with Crippen molar-refractivity contribution in [1.29, 1.82) is 0 Å². The summed E-state index contributed by atoms with van der Waals surface area (Å²) >= 11 is 5.54. The zero-order chi connectivity index (χ0) is 10.5. The van der Waals surface area contributed by atoms with E-state index in [1.165, 1.54) is 12.8 Å². The van der Waals surface area contributed by atoms with Gasteiger partial charge in [0.25, 0.3) is 0 Å². The Bertz CT molecular complexity index is 89.4. The zero-order valence-corrected chi connectivity index (χ0v) is 9.47. The second-order valence-electron chi connectivity index (χ2n) is 3.05. The molecule has 0 aromatic heterocycles. The molecule has 0 aliphatic carbocycles. The maximum atomic E-state index is 8.41. The molecule has 0 fully saturated rings. The largest absolute Gasteiger partial charge is 0.394 e. The van der Waals surface area contributed by atoms with Crippen molar-refractivity contribution in [1.82, 2.24) is 0 Å². The number of aliphatic hydroxyl groups is 1. The van der Waals surface area contributed by atoms with Crippen LogP contribution in [0.25, 0.3) is 0 Å². The second-order valence-corrected chi connectivity index (χ2v) is 3.43. The van der Waals surface area contributed by atoms with Gasteiger partial charge in [-0.2, -0.15) is 0 Å². The highest BCUT2D eigenvalue weighted by Gasteiger charge is 1.91. The molecule has 0 aliphatic rings. The monoisotopic (exact) mass is 224 g/mol. The van der Waals surface area contributed by atoms with Crippen molar-refractivity contribution in [3.63, 3.8) is 0 Å². The Labute approximate surface area is 91.3 Å². The second kappa shape index (κ2) is 13.2. The van der Waals surface area contributed by atoms with Gasteiger partial charge in [-0.3, -0.25) is 0 Å². The summed E-state index contributed by atoms with van der Waals surface area (Å²) in [5.74, 6) is 0.760. The van der Waals surface area contributed by atoms with Gasteiger partial charge in [-0.15, -0.1) is 11.6 Å². The highest BCUT2D eigenvalue weighted by molar-refractivity contribution is 6.17. The summed E-state index contributed by atoms with van der Waals surface area (Å²) < 4.78 is 10.4. The van der Waals surface area contributed by atoms with E-state index in [9.17, 15) is 0 Å². The SMILES string of the molecule is OCCOCCOCCCCCCCl. The molecule has 0 rings (SSSR count). The molecule has 0 heterocycles. The van der Waals surface area contributed by atoms with Crippen LogP contribution in [-0.4, -0.2) is 44.0 Å². The van der Waals surface area contributed by atoms with Crippen molar-refractivity contribution in [2.75, 3.05) is 38.9 Å². The van der Waals surface area contributed by atoms with Gasteiger partial charge in [0.15, 0.2) is 0 Å². The van der Waals surface area contributed by atoms with Gasteiger partial charge in [0.1, 0.15) is 0 Å². The van der Waals surface area contributed by atoms with E-state index >= 15 is 0 Å². The molecule has 0 bridgehead atoms. The fourth-order valence-corrected chi connectivity index (χ4v) is 1.23. The Hall–Kier alpha value is 0.170. The number of halogens is 1. The number of ether oxygens (including phenoxy) is 2. The topological polar surface area (TPSA) is 38.7 Å². The molecule has 0 saturated heterocycles. The van der Waals surface area contributed by atoms with E-state index in [-0.39, 0.29) is 6.61 Å². The highest BCUT2D eigenvalue weighted by atomic mass is 35.5. The summed E-state index contributed by atoms with van der Waals surface area (Å²) in [4.78, 5) is 0. The summed E-state index contributed by atoms with van der Waals surface area (Å²) in [5.41, 5.74) is 0. The fraction of sp³-hybridized carbons (Fsp3) is 1.00. The normalized spacial score (nSPS) is 10.7. The maximum Gasteiger partial charge on any atom is 0.0701 e. The maximum absolute atomic E-state index is 8.41. The van der Waals surface area contributed by atoms with Crippen molar-refractivity contribution < 1.29 is 14.6 Å². The summed E-state index contributed by atoms with van der Waals surface area (Å²) in [5, 5.41) is 8.41. The molecule has 0 aromatic carbocycles. The third kappa shape index (κ3) is 12.2. The van der Waals surface area contributed by atoms with Crippen LogP contribution in [0.3, 0.4) is 0 Å². The average molecular weight is 225 g/mol. The Morgan fingerprint density at radius 3 is 2.07 bits per heavy atom. The predicted molar refractivity (Wildman–Crippen MR) is 57.9 cm³/mol. The molecule has 0 aliphatic heterocycles. The molecule has 3 nitrogen and oxygen atoms in total. The van der Waals surface area contributed by atoms with Gasteiger partial charge in [0, 0.05) is 12.5 Å². The van der Waals surface area contributed by atoms with Crippen molar-refractivity contribution in [2.45, 2.75) is 25.7 Å². The molecule has 0 spiro atoms. The molecule has 0 amide bonds. The minimum Gasteiger partial charge on any atom is -0.394 e. The number of unbranched alkanes of at least 4 members (excludes halogenated alkanes) is 3. The van der Waals surface area contributed by atoms with Gasteiger partial charge in [-0.1, -0.05) is 12.8 Å². The molecular weight excluding hydrogens is 204 g/mol. The van der Waals surface area contributed by atoms with Crippen LogP contribution in [0, 0.1) is 0 Å². The number of aliphatic hydroxyl groups excluding tert-OH is 1. The molecule has 86 valence electrons. The number of alkyl halides is 1. The molecule has 1 N–H and O–H groups in total. The standard InChI is InChI=1S/C10H21ClO3/c11-5-3-1-2-4-7-13-9-10-14-8-6-12/h12H,1-10H2. The van der Waals surface area contributed by atoms with Crippen molar-refractivity contribution >= 4 is 11.6 Å². The molecular formula is C10H21ClO3. The average Bonchev–Trinajstić information content (AvgIpc) is 2.21. The summed E-state index contributed by atoms with van der Waals surface area (Å²) in [6, 6.07) is 0. The molecule has 0 saturated carbocycles. The first kappa shape index (κ1) is 14.2. The molecule has 0 atom stereocenters. The number of rotatable bonds is 11. The van der Waals surface area contributed by atoms with E-state index in [2.05, 4.69) is 0 Å². The fourth-order valence-electron chi connectivity index (χ4n) is 1.04. The Kier molecular flexibility index (Phi) is 13.3. The van der Waals surface area contributed by atoms with Crippen LogP contribution in [0.15, 0.2) is 0 Å². The van der Waals surface area contributed by atoms with Crippen molar-refractivity contribution in [3.05, 3.63) is 0 Å². The minimum absolute atomic E-state index is 0.0818. The van der Waals surface area contributed by atoms with Crippen LogP contribution >= 0.6 is 11.6 Å². The van der Waals surface area contributed by atoms with Crippen molar-refractivity contribution in [3.8, 4) is 0 Å². The van der Waals surface area contributed by atoms with E-state index in [4.69, 9.17) is 26.2 Å². The van der Waals surface area contributed by atoms with Gasteiger partial charge < -0.3 is 14.6 Å². The minimum atomic E-state index is 0.0818. The smallest absolute Gasteiger partial charge is 0.0701 e. The highest BCUT2D eigenvalue weighted by Crippen LogP contribution is 2.00. The van der Waals surface area contributed by atoms with Crippen LogP contribution in [0.1, 0.15) is 25.7 Å². The van der Waals surface area contributed by atoms with Crippen LogP contribution in [-0.2, 0) is 9.47 Å². The lowest BCUT2D eigenvalue weighted by Gasteiger charge is -2.04. The van der Waals surface area contributed by atoms with E-state index in [1.807, 2.05) is 0 Å². The first-order chi connectivity index (χ1) is 6.91. The summed E-state index contributed by atoms with van der Waals surface area (Å²) in [6.07, 6.45) is 4.57. The van der Waals surface area contributed by atoms with Gasteiger partial charge >= 0.3 is 0 Å².